The van der Waals surface area contributed by atoms with Crippen LogP contribution in [0.15, 0.2) is 48.8 Å². The van der Waals surface area contributed by atoms with Gasteiger partial charge in [0.2, 0.25) is 0 Å². The van der Waals surface area contributed by atoms with Crippen LogP contribution in [0, 0.1) is 0 Å². The molecule has 1 aliphatic rings. The maximum absolute atomic E-state index is 11.0. The van der Waals surface area contributed by atoms with E-state index in [1.807, 2.05) is 35.3 Å². The molecule has 2 atom stereocenters. The van der Waals surface area contributed by atoms with E-state index in [4.69, 9.17) is 5.21 Å². The molecule has 25 heavy (non-hydrogen) atoms. The quantitative estimate of drug-likeness (QED) is 0.411. The van der Waals surface area contributed by atoms with E-state index in [0.717, 1.165) is 31.4 Å². The van der Waals surface area contributed by atoms with Gasteiger partial charge in [-0.05, 0) is 49.0 Å². The predicted octanol–water partition coefficient (Wildman–Crippen LogP) is 2.68. The third kappa shape index (κ3) is 5.01. The van der Waals surface area contributed by atoms with Gasteiger partial charge in [-0.2, -0.15) is 5.10 Å². The van der Waals surface area contributed by atoms with Gasteiger partial charge in [0.05, 0.1) is 0 Å². The highest BCUT2D eigenvalue weighted by molar-refractivity contribution is 5.90. The minimum absolute atomic E-state index is 0.397. The van der Waals surface area contributed by atoms with Gasteiger partial charge in [-0.15, -0.1) is 0 Å². The largest absolute Gasteiger partial charge is 0.307 e. The molecule has 1 saturated heterocycles. The van der Waals surface area contributed by atoms with Crippen molar-refractivity contribution in [1.29, 1.82) is 0 Å². The topological polar surface area (TPSA) is 79.2 Å². The van der Waals surface area contributed by atoms with Crippen LogP contribution in [-0.4, -0.2) is 26.9 Å². The minimum atomic E-state index is -0.528. The Morgan fingerprint density at radius 1 is 1.36 bits per heavy atom. The molecule has 3 N–H and O–H groups in total. The fraction of sp³-hybridized carbons (Fsp3) is 0.368. The van der Waals surface area contributed by atoms with Crippen LogP contribution < -0.4 is 10.8 Å². The smallest absolute Gasteiger partial charge is 0.267 e. The first-order valence-corrected chi connectivity index (χ1v) is 8.70. The van der Waals surface area contributed by atoms with Gasteiger partial charge < -0.3 is 5.32 Å². The van der Waals surface area contributed by atoms with Crippen molar-refractivity contribution >= 4 is 12.0 Å². The van der Waals surface area contributed by atoms with E-state index < -0.39 is 5.91 Å². The van der Waals surface area contributed by atoms with E-state index >= 15 is 0 Å². The summed E-state index contributed by atoms with van der Waals surface area (Å²) in [5.41, 5.74) is 3.79. The number of hydrogen-bond acceptors (Lipinski definition) is 4. The SMILES string of the molecule is O=C(/C=C/c1ccc(C2CCC(CCCn3cccn3)N2)cc1)NO. The van der Waals surface area contributed by atoms with Crippen LogP contribution in [0.3, 0.4) is 0 Å². The fourth-order valence-electron chi connectivity index (χ4n) is 3.29. The van der Waals surface area contributed by atoms with Gasteiger partial charge in [0.1, 0.15) is 0 Å². The normalized spacial score (nSPS) is 20.2. The van der Waals surface area contributed by atoms with Gasteiger partial charge in [-0.1, -0.05) is 24.3 Å². The molecule has 0 aliphatic carbocycles. The average Bonchev–Trinajstić information content (AvgIpc) is 3.32. The summed E-state index contributed by atoms with van der Waals surface area (Å²) < 4.78 is 1.98. The Kier molecular flexibility index (Phi) is 5.98. The van der Waals surface area contributed by atoms with Crippen molar-refractivity contribution in [3.8, 4) is 0 Å². The standard InChI is InChI=1S/C19H24N4O2/c24-19(22-25)11-6-15-4-7-16(8-5-15)18-10-9-17(21-18)3-1-13-23-14-2-12-20-23/h2,4-8,11-12,14,17-18,21,25H,1,3,9-10,13H2,(H,22,24)/b11-6+. The Bertz CT molecular complexity index is 695. The minimum Gasteiger partial charge on any atom is -0.307 e. The molecule has 1 aromatic carbocycles. The molecule has 1 amide bonds. The predicted molar refractivity (Wildman–Crippen MR) is 95.8 cm³/mol. The highest BCUT2D eigenvalue weighted by atomic mass is 16.5. The van der Waals surface area contributed by atoms with E-state index in [9.17, 15) is 4.79 Å². The first kappa shape index (κ1) is 17.4. The average molecular weight is 340 g/mol. The zero-order chi connectivity index (χ0) is 17.5. The third-order valence-corrected chi connectivity index (χ3v) is 4.62. The first-order chi connectivity index (χ1) is 12.2. The second-order valence-electron chi connectivity index (χ2n) is 6.38. The second-order valence-corrected chi connectivity index (χ2v) is 6.38. The molecule has 6 nitrogen and oxygen atoms in total. The zero-order valence-corrected chi connectivity index (χ0v) is 14.1. The van der Waals surface area contributed by atoms with Crippen LogP contribution in [0.1, 0.15) is 42.9 Å². The summed E-state index contributed by atoms with van der Waals surface area (Å²) in [5.74, 6) is -0.528. The molecule has 1 fully saturated rings. The lowest BCUT2D eigenvalue weighted by atomic mass is 10.0. The van der Waals surface area contributed by atoms with Crippen LogP contribution in [0.25, 0.3) is 6.08 Å². The molecular weight excluding hydrogens is 316 g/mol. The highest BCUT2D eigenvalue weighted by Crippen LogP contribution is 2.28. The number of hydrogen-bond donors (Lipinski definition) is 3. The van der Waals surface area contributed by atoms with Crippen molar-refractivity contribution in [2.45, 2.75) is 44.3 Å². The lowest BCUT2D eigenvalue weighted by Crippen LogP contribution is -2.24. The molecule has 3 rings (SSSR count). The van der Waals surface area contributed by atoms with E-state index in [-0.39, 0.29) is 0 Å². The van der Waals surface area contributed by atoms with Crippen molar-refractivity contribution in [2.24, 2.45) is 0 Å². The number of nitrogens with one attached hydrogen (secondary N) is 2. The van der Waals surface area contributed by atoms with Gasteiger partial charge in [0, 0.05) is 37.1 Å². The van der Waals surface area contributed by atoms with Gasteiger partial charge in [-0.3, -0.25) is 14.7 Å². The Morgan fingerprint density at radius 3 is 2.92 bits per heavy atom. The van der Waals surface area contributed by atoms with Crippen LogP contribution in [0.2, 0.25) is 0 Å². The second kappa shape index (κ2) is 8.60. The lowest BCUT2D eigenvalue weighted by Gasteiger charge is -2.15. The number of amides is 1. The zero-order valence-electron chi connectivity index (χ0n) is 14.1. The van der Waals surface area contributed by atoms with Gasteiger partial charge in [0.15, 0.2) is 0 Å². The summed E-state index contributed by atoms with van der Waals surface area (Å²) in [6.07, 6.45) is 11.4. The summed E-state index contributed by atoms with van der Waals surface area (Å²) in [5, 5.41) is 16.4. The maximum atomic E-state index is 11.0. The first-order valence-electron chi connectivity index (χ1n) is 8.70. The van der Waals surface area contributed by atoms with Crippen molar-refractivity contribution < 1.29 is 10.0 Å². The van der Waals surface area contributed by atoms with E-state index in [2.05, 4.69) is 22.5 Å². The van der Waals surface area contributed by atoms with Crippen molar-refractivity contribution in [3.63, 3.8) is 0 Å². The van der Waals surface area contributed by atoms with Crippen molar-refractivity contribution in [2.75, 3.05) is 0 Å². The summed E-state index contributed by atoms with van der Waals surface area (Å²) in [6, 6.07) is 11.1. The Hall–Kier alpha value is -2.44. The fourth-order valence-corrected chi connectivity index (χ4v) is 3.29. The van der Waals surface area contributed by atoms with E-state index in [0.29, 0.717) is 12.1 Å². The van der Waals surface area contributed by atoms with Gasteiger partial charge >= 0.3 is 0 Å². The molecule has 0 saturated carbocycles. The number of carbonyl (C=O) groups is 1. The van der Waals surface area contributed by atoms with E-state index in [1.165, 1.54) is 18.1 Å². The summed E-state index contributed by atoms with van der Waals surface area (Å²) in [6.45, 7) is 0.971. The Morgan fingerprint density at radius 2 is 2.20 bits per heavy atom. The molecule has 1 aromatic heterocycles. The molecule has 0 radical (unpaired) electrons. The van der Waals surface area contributed by atoms with Crippen molar-refractivity contribution in [1.82, 2.24) is 20.6 Å². The number of nitrogens with zero attached hydrogens (tertiary/aromatic N) is 2. The van der Waals surface area contributed by atoms with Crippen LogP contribution in [-0.2, 0) is 11.3 Å². The maximum Gasteiger partial charge on any atom is 0.267 e. The molecule has 1 aliphatic heterocycles. The molecule has 2 heterocycles. The molecule has 2 aromatic rings. The summed E-state index contributed by atoms with van der Waals surface area (Å²) in [4.78, 5) is 11.0. The molecule has 132 valence electrons. The number of benzene rings is 1. The van der Waals surface area contributed by atoms with Gasteiger partial charge in [0.25, 0.3) is 5.91 Å². The summed E-state index contributed by atoms with van der Waals surface area (Å²) in [7, 11) is 0. The van der Waals surface area contributed by atoms with E-state index in [1.54, 1.807) is 11.6 Å². The highest BCUT2D eigenvalue weighted by Gasteiger charge is 2.24. The molecule has 0 spiro atoms. The van der Waals surface area contributed by atoms with Crippen LogP contribution in [0.4, 0.5) is 0 Å². The molecule has 0 bridgehead atoms. The number of aryl methyl sites for hydroxylation is 1. The Labute approximate surface area is 147 Å². The number of hydroxylamine groups is 1. The number of rotatable bonds is 7. The molecule has 6 heteroatoms. The third-order valence-electron chi connectivity index (χ3n) is 4.62. The lowest BCUT2D eigenvalue weighted by molar-refractivity contribution is -0.124. The number of aromatic nitrogens is 2. The van der Waals surface area contributed by atoms with Crippen molar-refractivity contribution in [3.05, 3.63) is 59.9 Å². The molecular formula is C19H24N4O2. The van der Waals surface area contributed by atoms with Gasteiger partial charge in [-0.25, -0.2) is 5.48 Å². The number of carbonyl (C=O) groups excluding carboxylic acids is 1. The summed E-state index contributed by atoms with van der Waals surface area (Å²) >= 11 is 0. The monoisotopic (exact) mass is 340 g/mol. The molecule has 2 unspecified atom stereocenters. The van der Waals surface area contributed by atoms with Crippen LogP contribution >= 0.6 is 0 Å². The Balaban J connectivity index is 1.46. The van der Waals surface area contributed by atoms with Crippen LogP contribution in [0.5, 0.6) is 0 Å².